The minimum atomic E-state index is 0.224. The summed E-state index contributed by atoms with van der Waals surface area (Å²) in [5.74, 6) is 0.854. The molecule has 1 heterocycles. The standard InChI is InChI=1S/C21H26ClN3OS/c1-26-17-10-8-16(9-11-17)14-23-21(27)24-15-20(25-12-4-5-13-25)18-6-2-3-7-19(18)22/h2-3,6-11,20H,4-5,12-15H2,1H3,(H2,23,24,27)/t20-/m1/s1. The van der Waals surface area contributed by atoms with E-state index in [9.17, 15) is 0 Å². The van der Waals surface area contributed by atoms with Gasteiger partial charge in [0.05, 0.1) is 13.2 Å². The van der Waals surface area contributed by atoms with Crippen LogP contribution in [0.4, 0.5) is 0 Å². The maximum Gasteiger partial charge on any atom is 0.166 e. The van der Waals surface area contributed by atoms with Gasteiger partial charge in [0, 0.05) is 18.1 Å². The summed E-state index contributed by atoms with van der Waals surface area (Å²) in [7, 11) is 1.67. The molecule has 0 amide bonds. The molecule has 0 bridgehead atoms. The first-order chi connectivity index (χ1) is 13.2. The number of nitrogens with one attached hydrogen (secondary N) is 2. The molecule has 0 spiro atoms. The molecule has 2 aromatic carbocycles. The summed E-state index contributed by atoms with van der Waals surface area (Å²) in [5.41, 5.74) is 2.31. The van der Waals surface area contributed by atoms with Gasteiger partial charge in [-0.1, -0.05) is 41.9 Å². The molecule has 2 N–H and O–H groups in total. The van der Waals surface area contributed by atoms with Crippen molar-refractivity contribution in [1.82, 2.24) is 15.5 Å². The third kappa shape index (κ3) is 5.58. The van der Waals surface area contributed by atoms with E-state index in [0.29, 0.717) is 11.7 Å². The van der Waals surface area contributed by atoms with Gasteiger partial charge >= 0.3 is 0 Å². The number of ether oxygens (including phenoxy) is 1. The summed E-state index contributed by atoms with van der Waals surface area (Å²) in [5, 5.41) is 8.12. The second-order valence-corrected chi connectivity index (χ2v) is 7.51. The Kier molecular flexibility index (Phi) is 7.33. The molecule has 1 aliphatic heterocycles. The molecule has 1 saturated heterocycles. The monoisotopic (exact) mass is 403 g/mol. The molecule has 0 unspecified atom stereocenters. The highest BCUT2D eigenvalue weighted by atomic mass is 35.5. The van der Waals surface area contributed by atoms with Crippen molar-refractivity contribution in [2.75, 3.05) is 26.7 Å². The molecule has 144 valence electrons. The van der Waals surface area contributed by atoms with Crippen LogP contribution in [0.1, 0.15) is 30.0 Å². The van der Waals surface area contributed by atoms with E-state index in [4.69, 9.17) is 28.6 Å². The van der Waals surface area contributed by atoms with Gasteiger partial charge in [0.2, 0.25) is 0 Å². The van der Waals surface area contributed by atoms with E-state index in [0.717, 1.165) is 41.5 Å². The lowest BCUT2D eigenvalue weighted by atomic mass is 10.1. The molecule has 0 radical (unpaired) electrons. The number of halogens is 1. The fourth-order valence-electron chi connectivity index (χ4n) is 3.41. The normalized spacial score (nSPS) is 15.3. The molecule has 1 fully saturated rings. The van der Waals surface area contributed by atoms with Crippen molar-refractivity contribution in [3.05, 3.63) is 64.7 Å². The Hall–Kier alpha value is -1.82. The molecule has 2 aromatic rings. The van der Waals surface area contributed by atoms with Crippen molar-refractivity contribution in [2.24, 2.45) is 0 Å². The fraction of sp³-hybridized carbons (Fsp3) is 0.381. The van der Waals surface area contributed by atoms with Crippen LogP contribution in [-0.2, 0) is 6.54 Å². The van der Waals surface area contributed by atoms with Gasteiger partial charge in [0.15, 0.2) is 5.11 Å². The highest BCUT2D eigenvalue weighted by Crippen LogP contribution is 2.29. The number of nitrogens with zero attached hydrogens (tertiary/aromatic N) is 1. The third-order valence-electron chi connectivity index (χ3n) is 4.91. The molecule has 3 rings (SSSR count). The molecule has 0 aliphatic carbocycles. The topological polar surface area (TPSA) is 36.5 Å². The van der Waals surface area contributed by atoms with E-state index in [2.05, 4.69) is 21.6 Å². The Labute approximate surface area is 171 Å². The number of benzene rings is 2. The van der Waals surface area contributed by atoms with Crippen LogP contribution in [0.15, 0.2) is 48.5 Å². The van der Waals surface area contributed by atoms with Crippen molar-refractivity contribution in [1.29, 1.82) is 0 Å². The predicted octanol–water partition coefficient (Wildman–Crippen LogP) is 4.15. The summed E-state index contributed by atoms with van der Waals surface area (Å²) in [6, 6.07) is 16.3. The van der Waals surface area contributed by atoms with Gasteiger partial charge in [-0.25, -0.2) is 0 Å². The minimum absolute atomic E-state index is 0.224. The lowest BCUT2D eigenvalue weighted by Crippen LogP contribution is -2.41. The molecule has 1 aliphatic rings. The van der Waals surface area contributed by atoms with Gasteiger partial charge in [-0.05, 0) is 67.5 Å². The maximum absolute atomic E-state index is 6.47. The van der Waals surface area contributed by atoms with Crippen molar-refractivity contribution in [2.45, 2.75) is 25.4 Å². The molecule has 27 heavy (non-hydrogen) atoms. The van der Waals surface area contributed by atoms with Gasteiger partial charge in [-0.3, -0.25) is 4.90 Å². The van der Waals surface area contributed by atoms with Gasteiger partial charge < -0.3 is 15.4 Å². The number of hydrogen-bond acceptors (Lipinski definition) is 3. The summed E-state index contributed by atoms with van der Waals surface area (Å²) >= 11 is 11.9. The summed E-state index contributed by atoms with van der Waals surface area (Å²) < 4.78 is 5.19. The Morgan fingerprint density at radius 1 is 1.11 bits per heavy atom. The van der Waals surface area contributed by atoms with Crippen molar-refractivity contribution < 1.29 is 4.74 Å². The smallest absolute Gasteiger partial charge is 0.166 e. The molecule has 0 aromatic heterocycles. The minimum Gasteiger partial charge on any atom is -0.497 e. The molecule has 0 saturated carbocycles. The average Bonchev–Trinajstić information content (AvgIpc) is 3.23. The van der Waals surface area contributed by atoms with Crippen LogP contribution in [0.2, 0.25) is 5.02 Å². The number of methoxy groups -OCH3 is 1. The van der Waals surface area contributed by atoms with Crippen LogP contribution in [0, 0.1) is 0 Å². The highest BCUT2D eigenvalue weighted by molar-refractivity contribution is 7.80. The number of hydrogen-bond donors (Lipinski definition) is 2. The lowest BCUT2D eigenvalue weighted by molar-refractivity contribution is 0.246. The van der Waals surface area contributed by atoms with Gasteiger partial charge in [0.25, 0.3) is 0 Å². The zero-order valence-corrected chi connectivity index (χ0v) is 17.2. The molecule has 1 atom stereocenters. The van der Waals surface area contributed by atoms with E-state index in [1.807, 2.05) is 42.5 Å². The SMILES string of the molecule is COc1ccc(CNC(=S)NC[C@H](c2ccccc2Cl)N2CCCC2)cc1. The van der Waals surface area contributed by atoms with Crippen LogP contribution in [-0.4, -0.2) is 36.8 Å². The first-order valence-corrected chi connectivity index (χ1v) is 10.1. The average molecular weight is 404 g/mol. The molecular weight excluding hydrogens is 378 g/mol. The van der Waals surface area contributed by atoms with Crippen LogP contribution in [0.5, 0.6) is 5.75 Å². The first-order valence-electron chi connectivity index (χ1n) is 9.30. The molecule has 6 heteroatoms. The Bertz CT molecular complexity index is 747. The third-order valence-corrected chi connectivity index (χ3v) is 5.55. The Morgan fingerprint density at radius 3 is 2.48 bits per heavy atom. The van der Waals surface area contributed by atoms with E-state index in [-0.39, 0.29) is 6.04 Å². The summed E-state index contributed by atoms with van der Waals surface area (Å²) in [4.78, 5) is 2.49. The van der Waals surface area contributed by atoms with Crippen molar-refractivity contribution in [3.8, 4) is 5.75 Å². The maximum atomic E-state index is 6.47. The van der Waals surface area contributed by atoms with Gasteiger partial charge in [-0.15, -0.1) is 0 Å². The number of rotatable bonds is 7. The van der Waals surface area contributed by atoms with Gasteiger partial charge in [0.1, 0.15) is 5.75 Å². The van der Waals surface area contributed by atoms with Crippen molar-refractivity contribution in [3.63, 3.8) is 0 Å². The van der Waals surface area contributed by atoms with Crippen LogP contribution in [0.25, 0.3) is 0 Å². The van der Waals surface area contributed by atoms with Gasteiger partial charge in [-0.2, -0.15) is 0 Å². The van der Waals surface area contributed by atoms with E-state index >= 15 is 0 Å². The van der Waals surface area contributed by atoms with Crippen LogP contribution < -0.4 is 15.4 Å². The van der Waals surface area contributed by atoms with Crippen molar-refractivity contribution >= 4 is 28.9 Å². The molecule has 4 nitrogen and oxygen atoms in total. The predicted molar refractivity (Wildman–Crippen MR) is 115 cm³/mol. The zero-order chi connectivity index (χ0) is 19.1. The zero-order valence-electron chi connectivity index (χ0n) is 15.6. The lowest BCUT2D eigenvalue weighted by Gasteiger charge is -2.29. The highest BCUT2D eigenvalue weighted by Gasteiger charge is 2.25. The van der Waals surface area contributed by atoms with E-state index in [1.165, 1.54) is 12.8 Å². The quantitative estimate of drug-likeness (QED) is 0.679. The fourth-order valence-corrected chi connectivity index (χ4v) is 3.83. The van der Waals surface area contributed by atoms with E-state index < -0.39 is 0 Å². The van der Waals surface area contributed by atoms with Crippen LogP contribution in [0.3, 0.4) is 0 Å². The largest absolute Gasteiger partial charge is 0.497 e. The molecular formula is C21H26ClN3OS. The second kappa shape index (κ2) is 9.93. The number of likely N-dealkylation sites (tertiary alicyclic amines) is 1. The number of thiocarbonyl (C=S) groups is 1. The summed E-state index contributed by atoms with van der Waals surface area (Å²) in [6.45, 7) is 3.61. The Balaban J connectivity index is 1.56. The second-order valence-electron chi connectivity index (χ2n) is 6.69. The first kappa shape index (κ1) is 19.9. The van der Waals surface area contributed by atoms with E-state index in [1.54, 1.807) is 7.11 Å². The summed E-state index contributed by atoms with van der Waals surface area (Å²) in [6.07, 6.45) is 2.47. The Morgan fingerprint density at radius 2 is 1.81 bits per heavy atom. The van der Waals surface area contributed by atoms with Crippen LogP contribution >= 0.6 is 23.8 Å².